The lowest BCUT2D eigenvalue weighted by Gasteiger charge is -2.21. The summed E-state index contributed by atoms with van der Waals surface area (Å²) in [5.74, 6) is 1.70. The zero-order chi connectivity index (χ0) is 12.4. The minimum atomic E-state index is 0.847. The van der Waals surface area contributed by atoms with Gasteiger partial charge in [0.05, 0.1) is 11.4 Å². The first-order chi connectivity index (χ1) is 8.86. The monoisotopic (exact) mass is 235 g/mol. The predicted molar refractivity (Wildman–Crippen MR) is 75.5 cm³/mol. The molecule has 18 heavy (non-hydrogen) atoms. The van der Waals surface area contributed by atoms with Gasteiger partial charge in [0.25, 0.3) is 0 Å². The number of ether oxygens (including phenoxy) is 1. The van der Waals surface area contributed by atoms with Crippen LogP contribution >= 0.6 is 0 Å². The molecule has 0 fully saturated rings. The van der Waals surface area contributed by atoms with E-state index in [1.54, 1.807) is 6.08 Å². The highest BCUT2D eigenvalue weighted by atomic mass is 16.5. The highest BCUT2D eigenvalue weighted by Gasteiger charge is 2.15. The zero-order valence-corrected chi connectivity index (χ0v) is 9.89. The fourth-order valence-corrected chi connectivity index (χ4v) is 1.93. The number of benzene rings is 2. The molecule has 3 rings (SSSR count). The maximum Gasteiger partial charge on any atom is 0.151 e. The van der Waals surface area contributed by atoms with Crippen LogP contribution in [0, 0.1) is 0 Å². The van der Waals surface area contributed by atoms with Gasteiger partial charge in [-0.1, -0.05) is 43.0 Å². The maximum atomic E-state index is 5.88. The fourth-order valence-electron chi connectivity index (χ4n) is 1.93. The third-order valence-electron chi connectivity index (χ3n) is 2.81. The van der Waals surface area contributed by atoms with Gasteiger partial charge in [-0.25, -0.2) is 0 Å². The minimum absolute atomic E-state index is 0.847. The van der Waals surface area contributed by atoms with Crippen LogP contribution in [0.25, 0.3) is 6.08 Å². The highest BCUT2D eigenvalue weighted by Crippen LogP contribution is 2.41. The molecule has 1 aliphatic heterocycles. The van der Waals surface area contributed by atoms with Crippen molar-refractivity contribution >= 4 is 17.5 Å². The molecule has 2 aromatic carbocycles. The number of allylic oxidation sites excluding steroid dienone is 2. The summed E-state index contributed by atoms with van der Waals surface area (Å²) in [6, 6.07) is 14.0. The highest BCUT2D eigenvalue weighted by molar-refractivity contribution is 5.76. The van der Waals surface area contributed by atoms with Gasteiger partial charge in [-0.05, 0) is 29.8 Å². The zero-order valence-electron chi connectivity index (χ0n) is 9.89. The van der Waals surface area contributed by atoms with E-state index in [0.717, 1.165) is 28.4 Å². The van der Waals surface area contributed by atoms with Crippen LogP contribution in [-0.2, 0) is 0 Å². The molecule has 2 nitrogen and oxygen atoms in total. The first-order valence-electron chi connectivity index (χ1n) is 5.84. The molecule has 0 unspecified atom stereocenters. The largest absolute Gasteiger partial charge is 0.453 e. The Bertz CT molecular complexity index is 629. The van der Waals surface area contributed by atoms with Crippen molar-refractivity contribution in [2.24, 2.45) is 0 Å². The molecule has 0 radical (unpaired) electrons. The average Bonchev–Trinajstić information content (AvgIpc) is 2.42. The second-order valence-electron chi connectivity index (χ2n) is 4.07. The molecule has 0 atom stereocenters. The van der Waals surface area contributed by atoms with Gasteiger partial charge in [-0.15, -0.1) is 0 Å². The Morgan fingerprint density at radius 2 is 1.83 bits per heavy atom. The Morgan fingerprint density at radius 3 is 2.72 bits per heavy atom. The van der Waals surface area contributed by atoms with Crippen molar-refractivity contribution in [2.45, 2.75) is 0 Å². The molecule has 0 bridgehead atoms. The molecule has 1 heterocycles. The number of hydrogen-bond donors (Lipinski definition) is 1. The van der Waals surface area contributed by atoms with E-state index in [1.807, 2.05) is 54.6 Å². The molecule has 88 valence electrons. The van der Waals surface area contributed by atoms with E-state index in [4.69, 9.17) is 4.74 Å². The fraction of sp³-hybridized carbons (Fsp3) is 0. The summed E-state index contributed by atoms with van der Waals surface area (Å²) in [6.45, 7) is 3.66. The first-order valence-corrected chi connectivity index (χ1v) is 5.84. The molecular formula is C16H13NO. The number of para-hydroxylation sites is 2. The Kier molecular flexibility index (Phi) is 2.61. The number of hydrogen-bond acceptors (Lipinski definition) is 2. The van der Waals surface area contributed by atoms with Crippen LogP contribution < -0.4 is 10.1 Å². The molecule has 2 heteroatoms. The van der Waals surface area contributed by atoms with Gasteiger partial charge in [0.1, 0.15) is 0 Å². The lowest BCUT2D eigenvalue weighted by molar-refractivity contribution is 0.481. The summed E-state index contributed by atoms with van der Waals surface area (Å²) in [7, 11) is 0. The van der Waals surface area contributed by atoms with Crippen molar-refractivity contribution in [1.82, 2.24) is 0 Å². The van der Waals surface area contributed by atoms with E-state index >= 15 is 0 Å². The van der Waals surface area contributed by atoms with Gasteiger partial charge in [-0.2, -0.15) is 0 Å². The van der Waals surface area contributed by atoms with Gasteiger partial charge >= 0.3 is 0 Å². The molecule has 0 aromatic heterocycles. The average molecular weight is 235 g/mol. The van der Waals surface area contributed by atoms with Crippen molar-refractivity contribution in [1.29, 1.82) is 0 Å². The predicted octanol–water partition coefficient (Wildman–Crippen LogP) is 4.74. The van der Waals surface area contributed by atoms with E-state index in [1.165, 1.54) is 0 Å². The Labute approximate surface area is 106 Å². The van der Waals surface area contributed by atoms with Crippen LogP contribution in [-0.4, -0.2) is 0 Å². The molecule has 2 aromatic rings. The summed E-state index contributed by atoms with van der Waals surface area (Å²) in [4.78, 5) is 0. The summed E-state index contributed by atoms with van der Waals surface area (Å²) < 4.78 is 5.88. The lowest BCUT2D eigenvalue weighted by atomic mass is 10.1. The van der Waals surface area contributed by atoms with Gasteiger partial charge in [0.2, 0.25) is 0 Å². The van der Waals surface area contributed by atoms with Gasteiger partial charge in [-0.3, -0.25) is 0 Å². The molecule has 0 saturated carbocycles. The minimum Gasteiger partial charge on any atom is -0.453 e. The van der Waals surface area contributed by atoms with Crippen molar-refractivity contribution in [3.63, 3.8) is 0 Å². The summed E-state index contributed by atoms with van der Waals surface area (Å²) in [6.07, 6.45) is 5.66. The van der Waals surface area contributed by atoms with E-state index in [0.29, 0.717) is 0 Å². The third-order valence-corrected chi connectivity index (χ3v) is 2.81. The number of anilines is 2. The molecule has 0 spiro atoms. The summed E-state index contributed by atoms with van der Waals surface area (Å²) in [5, 5.41) is 3.35. The van der Waals surface area contributed by atoms with Crippen molar-refractivity contribution in [2.75, 3.05) is 5.32 Å². The summed E-state index contributed by atoms with van der Waals surface area (Å²) in [5.41, 5.74) is 3.08. The van der Waals surface area contributed by atoms with Crippen LogP contribution in [0.15, 0.2) is 61.2 Å². The van der Waals surface area contributed by atoms with E-state index in [-0.39, 0.29) is 0 Å². The Morgan fingerprint density at radius 1 is 1.00 bits per heavy atom. The maximum absolute atomic E-state index is 5.88. The Balaban J connectivity index is 1.98. The molecule has 0 saturated heterocycles. The van der Waals surface area contributed by atoms with Crippen molar-refractivity contribution < 1.29 is 4.74 Å². The van der Waals surface area contributed by atoms with E-state index in [9.17, 15) is 0 Å². The molecule has 1 aliphatic rings. The van der Waals surface area contributed by atoms with E-state index < -0.39 is 0 Å². The standard InChI is InChI=1S/C16H13NO/c1-2-3-6-12-9-10-14-16(11-12)18-15-8-5-4-7-13(15)17-14/h2-11,17H,1H2/b6-3-. The topological polar surface area (TPSA) is 21.3 Å². The normalized spacial score (nSPS) is 12.2. The number of fused-ring (bicyclic) bond motifs is 2. The molecule has 0 amide bonds. The van der Waals surface area contributed by atoms with Crippen LogP contribution in [0.1, 0.15) is 5.56 Å². The summed E-state index contributed by atoms with van der Waals surface area (Å²) >= 11 is 0. The van der Waals surface area contributed by atoms with Crippen molar-refractivity contribution in [3.05, 3.63) is 66.8 Å². The molecule has 1 N–H and O–H groups in total. The molecular weight excluding hydrogens is 222 g/mol. The Hall–Kier alpha value is -2.48. The van der Waals surface area contributed by atoms with Crippen molar-refractivity contribution in [3.8, 4) is 11.5 Å². The van der Waals surface area contributed by atoms with Crippen LogP contribution in [0.3, 0.4) is 0 Å². The smallest absolute Gasteiger partial charge is 0.151 e. The SMILES string of the molecule is C=C/C=C\c1ccc2c(c1)Oc1ccccc1N2. The third kappa shape index (κ3) is 1.89. The molecule has 0 aliphatic carbocycles. The van der Waals surface area contributed by atoms with Gasteiger partial charge in [0, 0.05) is 0 Å². The number of rotatable bonds is 2. The van der Waals surface area contributed by atoms with Gasteiger partial charge < -0.3 is 10.1 Å². The second kappa shape index (κ2) is 4.41. The van der Waals surface area contributed by atoms with Crippen LogP contribution in [0.2, 0.25) is 0 Å². The lowest BCUT2D eigenvalue weighted by Crippen LogP contribution is -2.02. The quantitative estimate of drug-likeness (QED) is 0.648. The number of nitrogens with one attached hydrogen (secondary N) is 1. The van der Waals surface area contributed by atoms with Crippen LogP contribution in [0.5, 0.6) is 11.5 Å². The van der Waals surface area contributed by atoms with Gasteiger partial charge in [0.15, 0.2) is 11.5 Å². The second-order valence-corrected chi connectivity index (χ2v) is 4.07. The van der Waals surface area contributed by atoms with Crippen LogP contribution in [0.4, 0.5) is 11.4 Å². The first kappa shape index (κ1) is 10.7. The van der Waals surface area contributed by atoms with E-state index in [2.05, 4.69) is 11.9 Å².